The number of nitrogens with zero attached hydrogens (tertiary/aromatic N) is 2. The van der Waals surface area contributed by atoms with E-state index in [-0.39, 0.29) is 24.0 Å². The molecule has 4 unspecified atom stereocenters. The SMILES string of the molecule is CCC(=O)N1CCCC1C1CCCN1C1CC(C)OC1=O. The molecular formula is C16H26N2O3. The maximum atomic E-state index is 12.1. The fraction of sp³-hybridized carbons (Fsp3) is 0.875. The highest BCUT2D eigenvalue weighted by molar-refractivity contribution is 5.78. The molecule has 0 aromatic heterocycles. The second kappa shape index (κ2) is 5.95. The van der Waals surface area contributed by atoms with E-state index in [4.69, 9.17) is 4.74 Å². The molecule has 0 N–H and O–H groups in total. The Balaban J connectivity index is 1.74. The fourth-order valence-corrected chi connectivity index (χ4v) is 4.33. The number of cyclic esters (lactones) is 1. The summed E-state index contributed by atoms with van der Waals surface area (Å²) in [5.74, 6) is 0.187. The second-order valence-corrected chi connectivity index (χ2v) is 6.60. The number of esters is 1. The molecule has 0 saturated carbocycles. The number of amides is 1. The van der Waals surface area contributed by atoms with Crippen molar-refractivity contribution in [2.45, 2.75) is 76.6 Å². The Bertz CT molecular complexity index is 426. The van der Waals surface area contributed by atoms with Crippen LogP contribution in [0.3, 0.4) is 0 Å². The van der Waals surface area contributed by atoms with Gasteiger partial charge in [-0.05, 0) is 39.2 Å². The summed E-state index contributed by atoms with van der Waals surface area (Å²) in [6, 6.07) is 0.543. The maximum absolute atomic E-state index is 12.1. The van der Waals surface area contributed by atoms with Gasteiger partial charge in [-0.15, -0.1) is 0 Å². The van der Waals surface area contributed by atoms with Gasteiger partial charge in [0.25, 0.3) is 0 Å². The zero-order valence-electron chi connectivity index (χ0n) is 13.1. The zero-order chi connectivity index (χ0) is 15.0. The van der Waals surface area contributed by atoms with Gasteiger partial charge in [0.15, 0.2) is 0 Å². The predicted molar refractivity (Wildman–Crippen MR) is 78.7 cm³/mol. The molecule has 0 aliphatic carbocycles. The molecule has 4 atom stereocenters. The molecule has 5 nitrogen and oxygen atoms in total. The van der Waals surface area contributed by atoms with E-state index >= 15 is 0 Å². The van der Waals surface area contributed by atoms with Gasteiger partial charge in [0.1, 0.15) is 12.1 Å². The molecule has 3 aliphatic heterocycles. The Labute approximate surface area is 126 Å². The van der Waals surface area contributed by atoms with Crippen molar-refractivity contribution in [3.05, 3.63) is 0 Å². The molecule has 3 saturated heterocycles. The smallest absolute Gasteiger partial charge is 0.323 e. The third-order valence-corrected chi connectivity index (χ3v) is 5.25. The van der Waals surface area contributed by atoms with Gasteiger partial charge in [-0.25, -0.2) is 0 Å². The Morgan fingerprint density at radius 2 is 1.95 bits per heavy atom. The van der Waals surface area contributed by atoms with Crippen molar-refractivity contribution in [2.24, 2.45) is 0 Å². The standard InChI is InChI=1S/C16H26N2O3/c1-3-15(19)18-9-5-7-13(18)12-6-4-8-17(12)14-10-11(2)21-16(14)20/h11-14H,3-10H2,1-2H3. The third kappa shape index (κ3) is 2.68. The Hall–Kier alpha value is -1.10. The van der Waals surface area contributed by atoms with E-state index in [2.05, 4.69) is 9.80 Å². The molecule has 118 valence electrons. The van der Waals surface area contributed by atoms with Gasteiger partial charge in [0.05, 0.1) is 0 Å². The molecule has 5 heteroatoms. The normalized spacial score (nSPS) is 37.2. The molecule has 1 amide bonds. The molecule has 0 spiro atoms. The summed E-state index contributed by atoms with van der Waals surface area (Å²) in [6.45, 7) is 5.74. The number of carbonyl (C=O) groups is 2. The van der Waals surface area contributed by atoms with Crippen LogP contribution in [0.1, 0.15) is 52.4 Å². The lowest BCUT2D eigenvalue weighted by Crippen LogP contribution is -2.52. The molecule has 0 bridgehead atoms. The van der Waals surface area contributed by atoms with Crippen molar-refractivity contribution in [3.63, 3.8) is 0 Å². The third-order valence-electron chi connectivity index (χ3n) is 5.25. The predicted octanol–water partition coefficient (Wildman–Crippen LogP) is 1.56. The van der Waals surface area contributed by atoms with Crippen LogP contribution >= 0.6 is 0 Å². The number of hydrogen-bond donors (Lipinski definition) is 0. The molecular weight excluding hydrogens is 268 g/mol. The van der Waals surface area contributed by atoms with E-state index in [1.807, 2.05) is 13.8 Å². The van der Waals surface area contributed by atoms with Crippen LogP contribution in [0.4, 0.5) is 0 Å². The minimum absolute atomic E-state index is 0.0284. The number of rotatable bonds is 3. The highest BCUT2D eigenvalue weighted by Crippen LogP contribution is 2.34. The zero-order valence-corrected chi connectivity index (χ0v) is 13.1. The first-order chi connectivity index (χ1) is 10.1. The summed E-state index contributed by atoms with van der Waals surface area (Å²) in [5, 5.41) is 0. The van der Waals surface area contributed by atoms with Crippen molar-refractivity contribution in [3.8, 4) is 0 Å². The van der Waals surface area contributed by atoms with E-state index in [1.54, 1.807) is 0 Å². The minimum atomic E-state index is -0.0910. The van der Waals surface area contributed by atoms with E-state index in [0.29, 0.717) is 18.5 Å². The number of carbonyl (C=O) groups excluding carboxylic acids is 2. The van der Waals surface area contributed by atoms with Crippen molar-refractivity contribution >= 4 is 11.9 Å². The Morgan fingerprint density at radius 1 is 1.24 bits per heavy atom. The highest BCUT2D eigenvalue weighted by Gasteiger charge is 2.46. The lowest BCUT2D eigenvalue weighted by molar-refractivity contribution is -0.145. The average Bonchev–Trinajstić information content (AvgIpc) is 3.15. The van der Waals surface area contributed by atoms with Crippen LogP contribution < -0.4 is 0 Å². The van der Waals surface area contributed by atoms with E-state index in [1.165, 1.54) is 0 Å². The summed E-state index contributed by atoms with van der Waals surface area (Å²) < 4.78 is 5.33. The van der Waals surface area contributed by atoms with Crippen LogP contribution in [0.15, 0.2) is 0 Å². The van der Waals surface area contributed by atoms with Crippen molar-refractivity contribution in [1.29, 1.82) is 0 Å². The first-order valence-corrected chi connectivity index (χ1v) is 8.37. The van der Waals surface area contributed by atoms with Gasteiger partial charge in [0.2, 0.25) is 5.91 Å². The molecule has 0 aromatic carbocycles. The highest BCUT2D eigenvalue weighted by atomic mass is 16.6. The van der Waals surface area contributed by atoms with Crippen LogP contribution in [0.25, 0.3) is 0 Å². The van der Waals surface area contributed by atoms with E-state index in [9.17, 15) is 9.59 Å². The minimum Gasteiger partial charge on any atom is -0.461 e. The second-order valence-electron chi connectivity index (χ2n) is 6.60. The topological polar surface area (TPSA) is 49.9 Å². The van der Waals surface area contributed by atoms with Crippen LogP contribution in [0.2, 0.25) is 0 Å². The van der Waals surface area contributed by atoms with Crippen molar-refractivity contribution < 1.29 is 14.3 Å². The lowest BCUT2D eigenvalue weighted by atomic mass is 10.0. The van der Waals surface area contributed by atoms with Crippen molar-refractivity contribution in [1.82, 2.24) is 9.80 Å². The largest absolute Gasteiger partial charge is 0.461 e. The summed E-state index contributed by atoms with van der Waals surface area (Å²) in [7, 11) is 0. The average molecular weight is 294 g/mol. The first-order valence-electron chi connectivity index (χ1n) is 8.37. The van der Waals surface area contributed by atoms with Gasteiger partial charge in [-0.1, -0.05) is 6.92 Å². The quantitative estimate of drug-likeness (QED) is 0.741. The first kappa shape index (κ1) is 14.8. The summed E-state index contributed by atoms with van der Waals surface area (Å²) in [5.41, 5.74) is 0. The Morgan fingerprint density at radius 3 is 2.62 bits per heavy atom. The summed E-state index contributed by atoms with van der Waals surface area (Å²) in [6.07, 6.45) is 5.77. The van der Waals surface area contributed by atoms with Crippen molar-refractivity contribution in [2.75, 3.05) is 13.1 Å². The molecule has 3 aliphatic rings. The van der Waals surface area contributed by atoms with Crippen LogP contribution in [0, 0.1) is 0 Å². The fourth-order valence-electron chi connectivity index (χ4n) is 4.33. The van der Waals surface area contributed by atoms with E-state index in [0.717, 1.165) is 45.2 Å². The lowest BCUT2D eigenvalue weighted by Gasteiger charge is -2.36. The van der Waals surface area contributed by atoms with Crippen LogP contribution in [-0.2, 0) is 14.3 Å². The van der Waals surface area contributed by atoms with Gasteiger partial charge in [-0.2, -0.15) is 0 Å². The van der Waals surface area contributed by atoms with Crippen LogP contribution in [-0.4, -0.2) is 59.0 Å². The monoisotopic (exact) mass is 294 g/mol. The molecule has 0 radical (unpaired) electrons. The molecule has 3 heterocycles. The van der Waals surface area contributed by atoms with Gasteiger partial charge < -0.3 is 9.64 Å². The Kier molecular flexibility index (Phi) is 4.20. The molecule has 3 fully saturated rings. The summed E-state index contributed by atoms with van der Waals surface area (Å²) >= 11 is 0. The van der Waals surface area contributed by atoms with Gasteiger partial charge in [0, 0.05) is 31.5 Å². The maximum Gasteiger partial charge on any atom is 0.323 e. The number of ether oxygens (including phenoxy) is 1. The number of hydrogen-bond acceptors (Lipinski definition) is 4. The van der Waals surface area contributed by atoms with Crippen LogP contribution in [0.5, 0.6) is 0 Å². The molecule has 21 heavy (non-hydrogen) atoms. The summed E-state index contributed by atoms with van der Waals surface area (Å²) in [4.78, 5) is 28.6. The van der Waals surface area contributed by atoms with Gasteiger partial charge in [-0.3, -0.25) is 14.5 Å². The van der Waals surface area contributed by atoms with E-state index < -0.39 is 0 Å². The van der Waals surface area contributed by atoms with Gasteiger partial charge >= 0.3 is 5.97 Å². The molecule has 3 rings (SSSR count). The number of likely N-dealkylation sites (tertiary alicyclic amines) is 2. The molecule has 0 aromatic rings.